The average Bonchev–Trinajstić information content (AvgIpc) is 2.39. The molecule has 2 aromatic carbocycles. The van der Waals surface area contributed by atoms with Gasteiger partial charge in [-0.2, -0.15) is 0 Å². The van der Waals surface area contributed by atoms with Crippen LogP contribution >= 0.6 is 0 Å². The van der Waals surface area contributed by atoms with Crippen LogP contribution in [0.5, 0.6) is 0 Å². The molecule has 0 fully saturated rings. The normalized spacial score (nSPS) is 18.8. The van der Waals surface area contributed by atoms with Crippen molar-refractivity contribution in [3.05, 3.63) is 70.8 Å². The largest absolute Gasteiger partial charge is 0.306 e. The summed E-state index contributed by atoms with van der Waals surface area (Å²) in [5, 5.41) is 3.62. The van der Waals surface area contributed by atoms with Crippen LogP contribution in [0.3, 0.4) is 0 Å². The van der Waals surface area contributed by atoms with Crippen LogP contribution in [0.1, 0.15) is 28.3 Å². The van der Waals surface area contributed by atoms with Gasteiger partial charge in [-0.15, -0.1) is 0 Å². The van der Waals surface area contributed by atoms with E-state index in [0.29, 0.717) is 6.04 Å². The molecule has 17 heavy (non-hydrogen) atoms. The first kappa shape index (κ1) is 10.5. The fraction of sp³-hybridized carbons (Fsp3) is 0.250. The van der Waals surface area contributed by atoms with Crippen LogP contribution in [-0.4, -0.2) is 0 Å². The standard InChI is InChI=1S/C16H17N/c1-12-7-8-14-10-16(17-11-15(14)9-12)13-5-3-2-4-6-13/h2-9,16-17H,10-11H2,1H3/t16-/m1/s1. The third-order valence-corrected chi connectivity index (χ3v) is 3.53. The lowest BCUT2D eigenvalue weighted by Gasteiger charge is -2.26. The summed E-state index contributed by atoms with van der Waals surface area (Å²) < 4.78 is 0. The van der Waals surface area contributed by atoms with E-state index in [1.165, 1.54) is 22.3 Å². The lowest BCUT2D eigenvalue weighted by atomic mass is 9.91. The molecule has 0 saturated heterocycles. The monoisotopic (exact) mass is 223 g/mol. The summed E-state index contributed by atoms with van der Waals surface area (Å²) in [6.45, 7) is 3.14. The highest BCUT2D eigenvalue weighted by Gasteiger charge is 2.18. The second kappa shape index (κ2) is 4.34. The van der Waals surface area contributed by atoms with Gasteiger partial charge >= 0.3 is 0 Å². The first-order chi connectivity index (χ1) is 8.33. The summed E-state index contributed by atoms with van der Waals surface area (Å²) in [6, 6.07) is 18.0. The molecule has 1 nitrogen and oxygen atoms in total. The van der Waals surface area contributed by atoms with Crippen molar-refractivity contribution in [3.63, 3.8) is 0 Å². The number of hydrogen-bond donors (Lipinski definition) is 1. The van der Waals surface area contributed by atoms with Crippen LogP contribution in [0.15, 0.2) is 48.5 Å². The molecule has 1 N–H and O–H groups in total. The minimum Gasteiger partial charge on any atom is -0.306 e. The molecule has 0 bridgehead atoms. The molecule has 86 valence electrons. The Labute approximate surface area is 102 Å². The zero-order valence-corrected chi connectivity index (χ0v) is 10.1. The molecule has 1 atom stereocenters. The maximum absolute atomic E-state index is 3.62. The van der Waals surface area contributed by atoms with E-state index < -0.39 is 0 Å². The molecule has 2 aromatic rings. The van der Waals surface area contributed by atoms with Crippen LogP contribution in [-0.2, 0) is 13.0 Å². The predicted octanol–water partition coefficient (Wildman–Crippen LogP) is 3.38. The van der Waals surface area contributed by atoms with Crippen molar-refractivity contribution in [2.75, 3.05) is 0 Å². The van der Waals surface area contributed by atoms with Gasteiger partial charge in [-0.3, -0.25) is 0 Å². The molecule has 0 saturated carbocycles. The van der Waals surface area contributed by atoms with Crippen molar-refractivity contribution < 1.29 is 0 Å². The summed E-state index contributed by atoms with van der Waals surface area (Å²) in [7, 11) is 0. The van der Waals surface area contributed by atoms with Crippen molar-refractivity contribution in [3.8, 4) is 0 Å². The van der Waals surface area contributed by atoms with E-state index in [2.05, 4.69) is 60.8 Å². The summed E-state index contributed by atoms with van der Waals surface area (Å²) in [4.78, 5) is 0. The number of fused-ring (bicyclic) bond motifs is 1. The van der Waals surface area contributed by atoms with Gasteiger partial charge in [0.1, 0.15) is 0 Å². The van der Waals surface area contributed by atoms with E-state index >= 15 is 0 Å². The minimum absolute atomic E-state index is 0.464. The molecule has 1 heteroatoms. The van der Waals surface area contributed by atoms with E-state index in [1.54, 1.807) is 0 Å². The lowest BCUT2D eigenvalue weighted by Crippen LogP contribution is -2.28. The van der Waals surface area contributed by atoms with Crippen LogP contribution in [0.2, 0.25) is 0 Å². The van der Waals surface area contributed by atoms with Gasteiger partial charge in [0.15, 0.2) is 0 Å². The molecule has 1 aliphatic rings. The maximum atomic E-state index is 3.62. The van der Waals surface area contributed by atoms with Gasteiger partial charge in [-0.1, -0.05) is 54.1 Å². The van der Waals surface area contributed by atoms with Crippen molar-refractivity contribution in [1.29, 1.82) is 0 Å². The van der Waals surface area contributed by atoms with Gasteiger partial charge in [0.05, 0.1) is 0 Å². The average molecular weight is 223 g/mol. The molecular weight excluding hydrogens is 206 g/mol. The Hall–Kier alpha value is -1.60. The van der Waals surface area contributed by atoms with Gasteiger partial charge in [0, 0.05) is 12.6 Å². The lowest BCUT2D eigenvalue weighted by molar-refractivity contribution is 0.499. The van der Waals surface area contributed by atoms with Crippen LogP contribution in [0.4, 0.5) is 0 Å². The third kappa shape index (κ3) is 2.11. The molecule has 3 rings (SSSR count). The maximum Gasteiger partial charge on any atom is 0.0363 e. The highest BCUT2D eigenvalue weighted by Crippen LogP contribution is 2.26. The van der Waals surface area contributed by atoms with E-state index in [0.717, 1.165) is 13.0 Å². The molecule has 1 heterocycles. The molecule has 0 amide bonds. The Morgan fingerprint density at radius 2 is 1.82 bits per heavy atom. The molecule has 0 radical (unpaired) electrons. The molecule has 1 aliphatic heterocycles. The highest BCUT2D eigenvalue weighted by molar-refractivity contribution is 5.35. The van der Waals surface area contributed by atoms with Gasteiger partial charge in [0.2, 0.25) is 0 Å². The highest BCUT2D eigenvalue weighted by atomic mass is 14.9. The van der Waals surface area contributed by atoms with Crippen molar-refractivity contribution >= 4 is 0 Å². The molecule has 0 unspecified atom stereocenters. The number of rotatable bonds is 1. The van der Waals surface area contributed by atoms with Crippen molar-refractivity contribution in [2.24, 2.45) is 0 Å². The van der Waals surface area contributed by atoms with E-state index in [-0.39, 0.29) is 0 Å². The summed E-state index contributed by atoms with van der Waals surface area (Å²) in [5.74, 6) is 0. The van der Waals surface area contributed by atoms with Crippen LogP contribution in [0, 0.1) is 6.92 Å². The van der Waals surface area contributed by atoms with Gasteiger partial charge in [-0.25, -0.2) is 0 Å². The topological polar surface area (TPSA) is 12.0 Å². The Balaban J connectivity index is 1.88. The summed E-state index contributed by atoms with van der Waals surface area (Å²) in [6.07, 6.45) is 1.10. The summed E-state index contributed by atoms with van der Waals surface area (Å²) >= 11 is 0. The van der Waals surface area contributed by atoms with Crippen molar-refractivity contribution in [2.45, 2.75) is 25.9 Å². The van der Waals surface area contributed by atoms with Crippen molar-refractivity contribution in [1.82, 2.24) is 5.32 Å². The third-order valence-electron chi connectivity index (χ3n) is 3.53. The molecule has 0 aromatic heterocycles. The molecular formula is C16H17N. The number of benzene rings is 2. The smallest absolute Gasteiger partial charge is 0.0363 e. The van der Waals surface area contributed by atoms with Gasteiger partial charge in [0.25, 0.3) is 0 Å². The fourth-order valence-electron chi connectivity index (χ4n) is 2.56. The Bertz CT molecular complexity index is 516. The fourth-order valence-corrected chi connectivity index (χ4v) is 2.56. The van der Waals surface area contributed by atoms with E-state index in [9.17, 15) is 0 Å². The quantitative estimate of drug-likeness (QED) is 0.781. The van der Waals surface area contributed by atoms with Gasteiger partial charge in [-0.05, 0) is 30.0 Å². The van der Waals surface area contributed by atoms with E-state index in [4.69, 9.17) is 0 Å². The summed E-state index contributed by atoms with van der Waals surface area (Å²) in [5.41, 5.74) is 5.68. The number of aryl methyl sites for hydroxylation is 1. The van der Waals surface area contributed by atoms with Gasteiger partial charge < -0.3 is 5.32 Å². The second-order valence-corrected chi connectivity index (χ2v) is 4.82. The molecule has 0 aliphatic carbocycles. The van der Waals surface area contributed by atoms with E-state index in [1.807, 2.05) is 0 Å². The zero-order valence-electron chi connectivity index (χ0n) is 10.1. The minimum atomic E-state index is 0.464. The predicted molar refractivity (Wildman–Crippen MR) is 70.9 cm³/mol. The number of nitrogens with one attached hydrogen (secondary N) is 1. The number of hydrogen-bond acceptors (Lipinski definition) is 1. The SMILES string of the molecule is Cc1ccc2c(c1)CN[C@@H](c1ccccc1)C2. The van der Waals surface area contributed by atoms with Crippen LogP contribution < -0.4 is 5.32 Å². The Kier molecular flexibility index (Phi) is 2.69. The first-order valence-electron chi connectivity index (χ1n) is 6.19. The van der Waals surface area contributed by atoms with Crippen LogP contribution in [0.25, 0.3) is 0 Å². The molecule has 0 spiro atoms. The Morgan fingerprint density at radius 1 is 1.00 bits per heavy atom. The first-order valence-corrected chi connectivity index (χ1v) is 6.19. The zero-order chi connectivity index (χ0) is 11.7. The Morgan fingerprint density at radius 3 is 2.65 bits per heavy atom. The second-order valence-electron chi connectivity index (χ2n) is 4.82.